The van der Waals surface area contributed by atoms with E-state index in [0.717, 1.165) is 4.90 Å². The van der Waals surface area contributed by atoms with Crippen molar-refractivity contribution in [3.05, 3.63) is 53.2 Å². The molecule has 2 aromatic rings. The van der Waals surface area contributed by atoms with Gasteiger partial charge in [-0.05, 0) is 18.2 Å². The van der Waals surface area contributed by atoms with E-state index in [2.05, 4.69) is 10.1 Å². The summed E-state index contributed by atoms with van der Waals surface area (Å²) in [6.45, 7) is 0. The third kappa shape index (κ3) is 2.75. The van der Waals surface area contributed by atoms with Crippen molar-refractivity contribution >= 4 is 29.2 Å². The maximum Gasteiger partial charge on any atom is 0.171 e. The van der Waals surface area contributed by atoms with Gasteiger partial charge in [0.25, 0.3) is 0 Å². The lowest BCUT2D eigenvalue weighted by atomic mass is 10.2. The van der Waals surface area contributed by atoms with Crippen molar-refractivity contribution in [3.63, 3.8) is 0 Å². The maximum atomic E-state index is 8.67. The fourth-order valence-electron chi connectivity index (χ4n) is 1.35. The molecule has 0 aliphatic heterocycles. The molecule has 0 fully saturated rings. The number of rotatable bonds is 3. The largest absolute Gasteiger partial charge is 0.409 e. The van der Waals surface area contributed by atoms with E-state index in [4.69, 9.17) is 22.5 Å². The summed E-state index contributed by atoms with van der Waals surface area (Å²) in [7, 11) is 0. The zero-order valence-electron chi connectivity index (χ0n) is 9.25. The number of amidine groups is 1. The molecule has 0 atom stereocenters. The molecular formula is C12H10ClN3OS. The minimum atomic E-state index is -0.0303. The molecule has 0 saturated carbocycles. The van der Waals surface area contributed by atoms with Crippen LogP contribution in [0.2, 0.25) is 5.02 Å². The third-order valence-electron chi connectivity index (χ3n) is 2.20. The predicted molar refractivity (Wildman–Crippen MR) is 72.3 cm³/mol. The Morgan fingerprint density at radius 3 is 2.67 bits per heavy atom. The lowest BCUT2D eigenvalue weighted by molar-refractivity contribution is 0.318. The quantitative estimate of drug-likeness (QED) is 0.392. The summed E-state index contributed by atoms with van der Waals surface area (Å²) in [6, 6.07) is 11.3. The van der Waals surface area contributed by atoms with Gasteiger partial charge in [-0.2, -0.15) is 0 Å². The summed E-state index contributed by atoms with van der Waals surface area (Å²) in [5.41, 5.74) is 6.00. The van der Waals surface area contributed by atoms with Crippen molar-refractivity contribution < 1.29 is 5.21 Å². The number of nitrogens with two attached hydrogens (primary N) is 1. The summed E-state index contributed by atoms with van der Waals surface area (Å²) in [4.78, 5) is 5.21. The molecular weight excluding hydrogens is 270 g/mol. The van der Waals surface area contributed by atoms with Crippen LogP contribution in [0.1, 0.15) is 5.56 Å². The Bertz CT molecular complexity index is 575. The van der Waals surface area contributed by atoms with Gasteiger partial charge in [0.2, 0.25) is 0 Å². The third-order valence-corrected chi connectivity index (χ3v) is 3.70. The fraction of sp³-hybridized carbons (Fsp3) is 0. The molecule has 92 valence electrons. The number of pyridine rings is 1. The van der Waals surface area contributed by atoms with Crippen molar-refractivity contribution in [1.82, 2.24) is 4.98 Å². The molecule has 0 spiro atoms. The average Bonchev–Trinajstić information content (AvgIpc) is 2.41. The molecule has 3 N–H and O–H groups in total. The predicted octanol–water partition coefficient (Wildman–Crippen LogP) is 2.98. The van der Waals surface area contributed by atoms with Gasteiger partial charge in [0.05, 0.1) is 5.02 Å². The molecule has 4 nitrogen and oxygen atoms in total. The number of nitrogens with zero attached hydrogens (tertiary/aromatic N) is 2. The minimum Gasteiger partial charge on any atom is -0.409 e. The minimum absolute atomic E-state index is 0.0303. The van der Waals surface area contributed by atoms with E-state index in [1.165, 1.54) is 11.8 Å². The van der Waals surface area contributed by atoms with Gasteiger partial charge in [-0.1, -0.05) is 46.7 Å². The fourth-order valence-corrected chi connectivity index (χ4v) is 2.50. The lowest BCUT2D eigenvalue weighted by Gasteiger charge is -2.06. The van der Waals surface area contributed by atoms with E-state index >= 15 is 0 Å². The van der Waals surface area contributed by atoms with Crippen LogP contribution < -0.4 is 5.73 Å². The number of oxime groups is 1. The standard InChI is InChI=1S/C12H10ClN3OS/c13-10-9(11(14)16-17)6-7-15-12(10)18-8-4-2-1-3-5-8/h1-7,17H,(H2,14,16). The van der Waals surface area contributed by atoms with Crippen LogP contribution >= 0.6 is 23.4 Å². The van der Waals surface area contributed by atoms with Gasteiger partial charge in [0.15, 0.2) is 5.84 Å². The van der Waals surface area contributed by atoms with Gasteiger partial charge in [0, 0.05) is 16.7 Å². The second-order valence-corrected chi connectivity index (χ2v) is 4.82. The summed E-state index contributed by atoms with van der Waals surface area (Å²) >= 11 is 7.60. The normalized spacial score (nSPS) is 11.5. The van der Waals surface area contributed by atoms with Crippen molar-refractivity contribution in [2.75, 3.05) is 0 Å². The summed E-state index contributed by atoms with van der Waals surface area (Å²) in [5, 5.41) is 12.6. The molecule has 0 aliphatic rings. The molecule has 6 heteroatoms. The lowest BCUT2D eigenvalue weighted by Crippen LogP contribution is -2.14. The Morgan fingerprint density at radius 1 is 1.28 bits per heavy atom. The van der Waals surface area contributed by atoms with Crippen LogP contribution in [0, 0.1) is 0 Å². The van der Waals surface area contributed by atoms with E-state index in [0.29, 0.717) is 15.6 Å². The topological polar surface area (TPSA) is 71.5 Å². The second-order valence-electron chi connectivity index (χ2n) is 3.38. The second kappa shape index (κ2) is 5.75. The Balaban J connectivity index is 2.35. The van der Waals surface area contributed by atoms with Crippen LogP contribution in [0.3, 0.4) is 0 Å². The Morgan fingerprint density at radius 2 is 2.00 bits per heavy atom. The zero-order chi connectivity index (χ0) is 13.0. The number of halogens is 1. The average molecular weight is 280 g/mol. The van der Waals surface area contributed by atoms with E-state index in [1.54, 1.807) is 12.3 Å². The van der Waals surface area contributed by atoms with Crippen molar-refractivity contribution in [3.8, 4) is 0 Å². The van der Waals surface area contributed by atoms with Crippen LogP contribution in [-0.2, 0) is 0 Å². The van der Waals surface area contributed by atoms with E-state index < -0.39 is 0 Å². The van der Waals surface area contributed by atoms with Crippen molar-refractivity contribution in [1.29, 1.82) is 0 Å². The van der Waals surface area contributed by atoms with Gasteiger partial charge < -0.3 is 10.9 Å². The van der Waals surface area contributed by atoms with Crippen LogP contribution in [0.25, 0.3) is 0 Å². The smallest absolute Gasteiger partial charge is 0.171 e. The van der Waals surface area contributed by atoms with E-state index in [1.807, 2.05) is 30.3 Å². The van der Waals surface area contributed by atoms with Crippen LogP contribution in [-0.4, -0.2) is 16.0 Å². The monoisotopic (exact) mass is 279 g/mol. The van der Waals surface area contributed by atoms with Crippen molar-refractivity contribution in [2.45, 2.75) is 9.92 Å². The molecule has 0 aliphatic carbocycles. The van der Waals surface area contributed by atoms with Gasteiger partial charge in [-0.25, -0.2) is 4.98 Å². The number of aromatic nitrogens is 1. The highest BCUT2D eigenvalue weighted by molar-refractivity contribution is 7.99. The molecule has 2 rings (SSSR count). The molecule has 0 amide bonds. The summed E-state index contributed by atoms with van der Waals surface area (Å²) < 4.78 is 0. The molecule has 18 heavy (non-hydrogen) atoms. The molecule has 0 saturated heterocycles. The molecule has 0 radical (unpaired) electrons. The van der Waals surface area contributed by atoms with Crippen LogP contribution in [0.5, 0.6) is 0 Å². The first kappa shape index (κ1) is 12.7. The van der Waals surface area contributed by atoms with E-state index in [-0.39, 0.29) is 5.84 Å². The van der Waals surface area contributed by atoms with Gasteiger partial charge >= 0.3 is 0 Å². The Kier molecular flexibility index (Phi) is 4.07. The number of benzene rings is 1. The van der Waals surface area contributed by atoms with Gasteiger partial charge in [0.1, 0.15) is 5.03 Å². The first-order valence-electron chi connectivity index (χ1n) is 5.07. The SMILES string of the molecule is N/C(=N/O)c1ccnc(Sc2ccccc2)c1Cl. The molecule has 0 unspecified atom stereocenters. The molecule has 1 heterocycles. The molecule has 1 aromatic carbocycles. The van der Waals surface area contributed by atoms with Crippen LogP contribution in [0.4, 0.5) is 0 Å². The highest BCUT2D eigenvalue weighted by Gasteiger charge is 2.11. The van der Waals surface area contributed by atoms with Crippen LogP contribution in [0.15, 0.2) is 57.7 Å². The maximum absolute atomic E-state index is 8.67. The zero-order valence-corrected chi connectivity index (χ0v) is 10.8. The first-order valence-corrected chi connectivity index (χ1v) is 6.27. The first-order chi connectivity index (χ1) is 8.72. The van der Waals surface area contributed by atoms with Crippen molar-refractivity contribution in [2.24, 2.45) is 10.9 Å². The molecule has 0 bridgehead atoms. The Hall–Kier alpha value is -1.72. The number of hydrogen-bond acceptors (Lipinski definition) is 4. The summed E-state index contributed by atoms with van der Waals surface area (Å²) in [5.74, 6) is -0.0303. The number of hydrogen-bond donors (Lipinski definition) is 2. The van der Waals surface area contributed by atoms with Gasteiger partial charge in [-0.3, -0.25) is 0 Å². The summed E-state index contributed by atoms with van der Waals surface area (Å²) in [6.07, 6.45) is 1.57. The highest BCUT2D eigenvalue weighted by Crippen LogP contribution is 2.32. The highest BCUT2D eigenvalue weighted by atomic mass is 35.5. The Labute approximate surface area is 113 Å². The van der Waals surface area contributed by atoms with E-state index in [9.17, 15) is 0 Å². The molecule has 1 aromatic heterocycles. The van der Waals surface area contributed by atoms with Gasteiger partial charge in [-0.15, -0.1) is 0 Å².